The second kappa shape index (κ2) is 8.17. The smallest absolute Gasteiger partial charge is 0.358 e. The van der Waals surface area contributed by atoms with Gasteiger partial charge in [0.25, 0.3) is 0 Å². The van der Waals surface area contributed by atoms with Crippen molar-refractivity contribution >= 4 is 5.97 Å². The molecule has 2 rings (SSSR count). The molecule has 1 heterocycles. The van der Waals surface area contributed by atoms with E-state index in [2.05, 4.69) is 17.2 Å². The Labute approximate surface area is 129 Å². The van der Waals surface area contributed by atoms with E-state index in [-0.39, 0.29) is 5.69 Å². The van der Waals surface area contributed by atoms with Gasteiger partial charge in [0.05, 0.1) is 12.3 Å². The summed E-state index contributed by atoms with van der Waals surface area (Å²) >= 11 is 0. The van der Waals surface area contributed by atoms with Gasteiger partial charge in [0.15, 0.2) is 5.69 Å². The predicted octanol–water partition coefficient (Wildman–Crippen LogP) is 2.79. The van der Waals surface area contributed by atoms with Crippen LogP contribution in [0.2, 0.25) is 0 Å². The number of carboxylic acids is 1. The highest BCUT2D eigenvalue weighted by Gasteiger charge is 2.18. The summed E-state index contributed by atoms with van der Waals surface area (Å²) in [6.45, 7) is 3.23. The lowest BCUT2D eigenvalue weighted by Crippen LogP contribution is -2.11. The van der Waals surface area contributed by atoms with Crippen molar-refractivity contribution in [1.29, 1.82) is 0 Å². The Morgan fingerprint density at radius 1 is 1.27 bits per heavy atom. The Hall–Kier alpha value is -2.37. The molecule has 0 fully saturated rings. The molecular weight excluding hydrogens is 282 g/mol. The molecule has 0 aliphatic heterocycles. The molecule has 1 N–H and O–H groups in total. The molecule has 1 aromatic heterocycles. The average Bonchev–Trinajstić information content (AvgIpc) is 2.93. The summed E-state index contributed by atoms with van der Waals surface area (Å²) in [6, 6.07) is 9.61. The summed E-state index contributed by atoms with van der Waals surface area (Å²) in [4.78, 5) is 11.2. The quantitative estimate of drug-likeness (QED) is 0.721. The monoisotopic (exact) mass is 303 g/mol. The van der Waals surface area contributed by atoms with Gasteiger partial charge in [-0.3, -0.25) is 0 Å². The number of nitrogens with zero attached hydrogens (tertiary/aromatic N) is 3. The van der Waals surface area contributed by atoms with E-state index in [0.717, 1.165) is 25.0 Å². The minimum atomic E-state index is -1.02. The highest BCUT2D eigenvalue weighted by Crippen LogP contribution is 2.12. The normalized spacial score (nSPS) is 10.6. The lowest BCUT2D eigenvalue weighted by molar-refractivity contribution is 0.0689. The van der Waals surface area contributed by atoms with Gasteiger partial charge in [-0.05, 0) is 25.0 Å². The van der Waals surface area contributed by atoms with E-state index in [1.54, 1.807) is 4.68 Å². The van der Waals surface area contributed by atoms with E-state index in [0.29, 0.717) is 25.3 Å². The molecule has 0 saturated heterocycles. The Bertz CT molecular complexity index is 596. The third kappa shape index (κ3) is 4.31. The topological polar surface area (TPSA) is 77.2 Å². The number of hydrogen-bond acceptors (Lipinski definition) is 4. The number of rotatable bonds is 9. The third-order valence-electron chi connectivity index (χ3n) is 3.33. The van der Waals surface area contributed by atoms with Crippen LogP contribution in [0.4, 0.5) is 0 Å². The van der Waals surface area contributed by atoms with Crippen molar-refractivity contribution in [3.05, 3.63) is 41.7 Å². The Morgan fingerprint density at radius 2 is 2.05 bits per heavy atom. The van der Waals surface area contributed by atoms with E-state index in [9.17, 15) is 4.79 Å². The van der Waals surface area contributed by atoms with Crippen molar-refractivity contribution < 1.29 is 14.6 Å². The van der Waals surface area contributed by atoms with Crippen LogP contribution in [0.3, 0.4) is 0 Å². The minimum Gasteiger partial charge on any atom is -0.494 e. The third-order valence-corrected chi connectivity index (χ3v) is 3.33. The fourth-order valence-corrected chi connectivity index (χ4v) is 2.19. The van der Waals surface area contributed by atoms with Crippen LogP contribution in [0.1, 0.15) is 42.4 Å². The van der Waals surface area contributed by atoms with Crippen molar-refractivity contribution in [2.45, 2.75) is 39.2 Å². The molecule has 0 radical (unpaired) electrons. The maximum atomic E-state index is 11.2. The highest BCUT2D eigenvalue weighted by atomic mass is 16.5. The van der Waals surface area contributed by atoms with Crippen LogP contribution in [0.25, 0.3) is 0 Å². The predicted molar refractivity (Wildman–Crippen MR) is 82.1 cm³/mol. The fourth-order valence-electron chi connectivity index (χ4n) is 2.19. The zero-order valence-electron chi connectivity index (χ0n) is 12.7. The molecule has 22 heavy (non-hydrogen) atoms. The molecule has 0 atom stereocenters. The molecule has 6 heteroatoms. The maximum absolute atomic E-state index is 11.2. The summed E-state index contributed by atoms with van der Waals surface area (Å²) < 4.78 is 7.31. The number of carbonyl (C=O) groups is 1. The number of ether oxygens (including phenoxy) is 1. The van der Waals surface area contributed by atoms with Gasteiger partial charge >= 0.3 is 5.97 Å². The van der Waals surface area contributed by atoms with Crippen LogP contribution in [0.5, 0.6) is 5.75 Å². The van der Waals surface area contributed by atoms with Crippen molar-refractivity contribution in [3.63, 3.8) is 0 Å². The lowest BCUT2D eigenvalue weighted by atomic mass is 10.1. The number of hydrogen-bond donors (Lipinski definition) is 1. The van der Waals surface area contributed by atoms with Gasteiger partial charge in [-0.2, -0.15) is 0 Å². The van der Waals surface area contributed by atoms with E-state index < -0.39 is 5.97 Å². The van der Waals surface area contributed by atoms with Gasteiger partial charge in [-0.1, -0.05) is 36.8 Å². The Morgan fingerprint density at radius 3 is 2.73 bits per heavy atom. The SMILES string of the molecule is CCCCc1c(C(=O)O)nnn1CCCOc1ccccc1. The summed E-state index contributed by atoms with van der Waals surface area (Å²) in [5.41, 5.74) is 0.770. The number of benzene rings is 1. The van der Waals surface area contributed by atoms with Crippen LogP contribution in [0.15, 0.2) is 30.3 Å². The standard InChI is InChI=1S/C16H21N3O3/c1-2-3-10-14-15(16(20)21)17-18-19(14)11-7-12-22-13-8-5-4-6-9-13/h4-6,8-9H,2-3,7,10-12H2,1H3,(H,20,21). The fraction of sp³-hybridized carbons (Fsp3) is 0.438. The first-order chi connectivity index (χ1) is 10.7. The van der Waals surface area contributed by atoms with E-state index in [1.807, 2.05) is 30.3 Å². The number of aryl methyl sites for hydroxylation is 1. The van der Waals surface area contributed by atoms with Crippen molar-refractivity contribution in [2.24, 2.45) is 0 Å². The maximum Gasteiger partial charge on any atom is 0.358 e. The van der Waals surface area contributed by atoms with Crippen molar-refractivity contribution in [3.8, 4) is 5.75 Å². The molecule has 0 unspecified atom stereocenters. The Balaban J connectivity index is 1.90. The molecule has 6 nitrogen and oxygen atoms in total. The molecule has 0 spiro atoms. The molecule has 0 aliphatic rings. The molecule has 1 aromatic carbocycles. The summed E-state index contributed by atoms with van der Waals surface area (Å²) in [7, 11) is 0. The van der Waals surface area contributed by atoms with Gasteiger partial charge in [0.2, 0.25) is 0 Å². The molecular formula is C16H21N3O3. The highest BCUT2D eigenvalue weighted by molar-refractivity contribution is 5.86. The van der Waals surface area contributed by atoms with E-state index >= 15 is 0 Å². The largest absolute Gasteiger partial charge is 0.494 e. The number of unbranched alkanes of at least 4 members (excludes halogenated alkanes) is 1. The summed E-state index contributed by atoms with van der Waals surface area (Å²) in [5.74, 6) is -0.184. The van der Waals surface area contributed by atoms with E-state index in [4.69, 9.17) is 9.84 Å². The number of aromatic carboxylic acids is 1. The minimum absolute atomic E-state index is 0.0671. The van der Waals surface area contributed by atoms with Gasteiger partial charge in [-0.15, -0.1) is 5.10 Å². The first-order valence-corrected chi connectivity index (χ1v) is 7.56. The summed E-state index contributed by atoms with van der Waals surface area (Å²) in [6.07, 6.45) is 3.36. The molecule has 0 aliphatic carbocycles. The number of para-hydroxylation sites is 1. The van der Waals surface area contributed by atoms with Crippen molar-refractivity contribution in [2.75, 3.05) is 6.61 Å². The van der Waals surface area contributed by atoms with Crippen molar-refractivity contribution in [1.82, 2.24) is 15.0 Å². The van der Waals surface area contributed by atoms with Gasteiger partial charge in [-0.25, -0.2) is 9.48 Å². The van der Waals surface area contributed by atoms with Crippen LogP contribution < -0.4 is 4.74 Å². The average molecular weight is 303 g/mol. The molecule has 0 saturated carbocycles. The molecule has 0 amide bonds. The second-order valence-electron chi connectivity index (χ2n) is 5.03. The second-order valence-corrected chi connectivity index (χ2v) is 5.03. The zero-order chi connectivity index (χ0) is 15.8. The lowest BCUT2D eigenvalue weighted by Gasteiger charge is -2.08. The van der Waals surface area contributed by atoms with Crippen LogP contribution in [0, 0.1) is 0 Å². The van der Waals surface area contributed by atoms with Crippen LogP contribution in [-0.4, -0.2) is 32.7 Å². The van der Waals surface area contributed by atoms with Gasteiger partial charge < -0.3 is 9.84 Å². The van der Waals surface area contributed by atoms with Crippen LogP contribution >= 0.6 is 0 Å². The van der Waals surface area contributed by atoms with E-state index in [1.165, 1.54) is 0 Å². The summed E-state index contributed by atoms with van der Waals surface area (Å²) in [5, 5.41) is 16.9. The zero-order valence-corrected chi connectivity index (χ0v) is 12.7. The first kappa shape index (κ1) is 16.0. The number of aromatic nitrogens is 3. The van der Waals surface area contributed by atoms with Gasteiger partial charge in [0, 0.05) is 13.0 Å². The van der Waals surface area contributed by atoms with Crippen LogP contribution in [-0.2, 0) is 13.0 Å². The van der Waals surface area contributed by atoms with Gasteiger partial charge in [0.1, 0.15) is 5.75 Å². The first-order valence-electron chi connectivity index (χ1n) is 7.56. The number of carboxylic acid groups (broad SMARTS) is 1. The molecule has 2 aromatic rings. The molecule has 0 bridgehead atoms. The Kier molecular flexibility index (Phi) is 5.94. The molecule has 118 valence electrons.